The van der Waals surface area contributed by atoms with Gasteiger partial charge >= 0.3 is 0 Å². The van der Waals surface area contributed by atoms with Crippen LogP contribution in [0, 0.1) is 0 Å². The van der Waals surface area contributed by atoms with Gasteiger partial charge in [0.05, 0.1) is 18.9 Å². The molecule has 24 heavy (non-hydrogen) atoms. The van der Waals surface area contributed by atoms with Crippen molar-refractivity contribution in [1.82, 2.24) is 24.3 Å². The van der Waals surface area contributed by atoms with Gasteiger partial charge in [-0.2, -0.15) is 4.31 Å². The molecule has 1 aliphatic rings. The third-order valence-corrected chi connectivity index (χ3v) is 7.07. The minimum absolute atomic E-state index is 0.136. The zero-order valence-electron chi connectivity index (χ0n) is 13.1. The second kappa shape index (κ2) is 6.95. The van der Waals surface area contributed by atoms with Gasteiger partial charge in [0.25, 0.3) is 10.0 Å². The molecule has 0 aliphatic carbocycles. The predicted octanol–water partition coefficient (Wildman–Crippen LogP) is 0.936. The van der Waals surface area contributed by atoms with Crippen LogP contribution in [0.5, 0.6) is 0 Å². The highest BCUT2D eigenvalue weighted by molar-refractivity contribution is 7.91. The highest BCUT2D eigenvalue weighted by Crippen LogP contribution is 2.30. The van der Waals surface area contributed by atoms with E-state index in [1.165, 1.54) is 17.4 Å². The van der Waals surface area contributed by atoms with Crippen molar-refractivity contribution >= 4 is 32.4 Å². The zero-order chi connectivity index (χ0) is 17.2. The normalized spacial score (nSPS) is 19.3. The molecule has 1 aliphatic heterocycles. The van der Waals surface area contributed by atoms with E-state index in [4.69, 9.17) is 0 Å². The summed E-state index contributed by atoms with van der Waals surface area (Å²) in [7, 11) is -3.65. The minimum Gasteiger partial charge on any atom is -0.302 e. The van der Waals surface area contributed by atoms with Gasteiger partial charge in [0.1, 0.15) is 0 Å². The third-order valence-electron chi connectivity index (χ3n) is 3.77. The zero-order valence-corrected chi connectivity index (χ0v) is 14.8. The molecule has 0 radical (unpaired) electrons. The van der Waals surface area contributed by atoms with E-state index in [-0.39, 0.29) is 21.3 Å². The van der Waals surface area contributed by atoms with Crippen LogP contribution < -0.4 is 5.32 Å². The fourth-order valence-corrected chi connectivity index (χ4v) is 5.61. The lowest BCUT2D eigenvalue weighted by Crippen LogP contribution is -2.45. The van der Waals surface area contributed by atoms with Crippen LogP contribution in [0.25, 0.3) is 0 Å². The lowest BCUT2D eigenvalue weighted by Gasteiger charge is -2.33. The Hall–Kier alpha value is -1.85. The molecule has 3 heterocycles. The van der Waals surface area contributed by atoms with Crippen LogP contribution in [-0.2, 0) is 21.4 Å². The number of piperidine rings is 1. The number of sulfonamides is 1. The largest absolute Gasteiger partial charge is 0.302 e. The van der Waals surface area contributed by atoms with Crippen molar-refractivity contribution in [2.75, 3.05) is 11.9 Å². The number of carbonyl (C=O) groups excluding carboxylic acids is 1. The molecular formula is C13H18N6O3S2. The summed E-state index contributed by atoms with van der Waals surface area (Å²) in [4.78, 5) is 15.1. The summed E-state index contributed by atoms with van der Waals surface area (Å²) in [6, 6.07) is -0.170. The van der Waals surface area contributed by atoms with Crippen molar-refractivity contribution < 1.29 is 13.2 Å². The average Bonchev–Trinajstić information content (AvgIpc) is 3.19. The second-order valence-corrected chi connectivity index (χ2v) is 8.70. The average molecular weight is 370 g/mol. The summed E-state index contributed by atoms with van der Waals surface area (Å²) in [5.74, 6) is -0.282. The van der Waals surface area contributed by atoms with Gasteiger partial charge in [-0.15, -0.1) is 5.10 Å². The summed E-state index contributed by atoms with van der Waals surface area (Å²) in [6.07, 6.45) is 7.17. The Morgan fingerprint density at radius 1 is 1.46 bits per heavy atom. The fraction of sp³-hybridized carbons (Fsp3) is 0.538. The number of hydrogen-bond acceptors (Lipinski definition) is 7. The Morgan fingerprint density at radius 2 is 2.29 bits per heavy atom. The summed E-state index contributed by atoms with van der Waals surface area (Å²) in [5, 5.41) is 10.5. The second-order valence-electron chi connectivity index (χ2n) is 5.56. The summed E-state index contributed by atoms with van der Waals surface area (Å²) in [6.45, 7) is 2.29. The van der Waals surface area contributed by atoms with E-state index in [2.05, 4.69) is 20.6 Å². The van der Waals surface area contributed by atoms with Crippen molar-refractivity contribution in [1.29, 1.82) is 0 Å². The number of anilines is 1. The molecule has 1 amide bonds. The molecule has 2 aromatic heterocycles. The first kappa shape index (κ1) is 17.0. The van der Waals surface area contributed by atoms with Gasteiger partial charge in [-0.1, -0.05) is 23.0 Å². The molecule has 2 aromatic rings. The molecule has 1 fully saturated rings. The monoisotopic (exact) mass is 370 g/mol. The molecule has 3 rings (SSSR count). The molecule has 1 atom stereocenters. The van der Waals surface area contributed by atoms with E-state index in [9.17, 15) is 13.2 Å². The number of amides is 1. The first-order valence-electron chi connectivity index (χ1n) is 7.56. The fourth-order valence-electron chi connectivity index (χ4n) is 2.72. The Kier molecular flexibility index (Phi) is 4.92. The van der Waals surface area contributed by atoms with Crippen molar-refractivity contribution in [3.8, 4) is 0 Å². The van der Waals surface area contributed by atoms with Crippen LogP contribution >= 0.6 is 11.3 Å². The maximum Gasteiger partial charge on any atom is 0.254 e. The van der Waals surface area contributed by atoms with Gasteiger partial charge in [0, 0.05) is 25.7 Å². The molecule has 0 saturated carbocycles. The van der Waals surface area contributed by atoms with Crippen LogP contribution in [0.2, 0.25) is 0 Å². The van der Waals surface area contributed by atoms with E-state index in [0.717, 1.165) is 30.6 Å². The number of hydrogen-bond donors (Lipinski definition) is 1. The van der Waals surface area contributed by atoms with Crippen LogP contribution in [0.15, 0.2) is 22.8 Å². The molecule has 1 N–H and O–H groups in total. The van der Waals surface area contributed by atoms with Gasteiger partial charge in [-0.3, -0.25) is 9.48 Å². The molecule has 11 heteroatoms. The van der Waals surface area contributed by atoms with E-state index < -0.39 is 10.0 Å². The van der Waals surface area contributed by atoms with Crippen molar-refractivity contribution in [3.05, 3.63) is 18.6 Å². The number of thiazole rings is 1. The summed E-state index contributed by atoms with van der Waals surface area (Å²) in [5.41, 5.74) is 0. The summed E-state index contributed by atoms with van der Waals surface area (Å²) >= 11 is 0.964. The maximum atomic E-state index is 13.0. The SMILES string of the molecule is CC(=O)Nc1ncc(S(=O)(=O)N2CCCCC2Cn2ccnn2)s1. The topological polar surface area (TPSA) is 110 Å². The first-order valence-corrected chi connectivity index (χ1v) is 9.82. The Balaban J connectivity index is 1.82. The minimum atomic E-state index is -3.65. The van der Waals surface area contributed by atoms with E-state index in [1.54, 1.807) is 17.1 Å². The molecule has 0 aromatic carbocycles. The van der Waals surface area contributed by atoms with Crippen LogP contribution in [0.1, 0.15) is 26.2 Å². The smallest absolute Gasteiger partial charge is 0.254 e. The van der Waals surface area contributed by atoms with E-state index in [0.29, 0.717) is 13.1 Å². The van der Waals surface area contributed by atoms with E-state index in [1.807, 2.05) is 0 Å². The highest BCUT2D eigenvalue weighted by Gasteiger charge is 2.35. The maximum absolute atomic E-state index is 13.0. The number of aromatic nitrogens is 4. The molecule has 1 unspecified atom stereocenters. The van der Waals surface area contributed by atoms with Gasteiger partial charge in [-0.25, -0.2) is 13.4 Å². The van der Waals surface area contributed by atoms with Crippen LogP contribution in [-0.4, -0.2) is 51.2 Å². The predicted molar refractivity (Wildman–Crippen MR) is 88.0 cm³/mol. The van der Waals surface area contributed by atoms with E-state index >= 15 is 0 Å². The van der Waals surface area contributed by atoms with Gasteiger partial charge in [0.15, 0.2) is 9.34 Å². The molecular weight excluding hydrogens is 352 g/mol. The Labute approximate surface area is 143 Å². The highest BCUT2D eigenvalue weighted by atomic mass is 32.2. The molecule has 0 spiro atoms. The molecule has 9 nitrogen and oxygen atoms in total. The van der Waals surface area contributed by atoms with Crippen LogP contribution in [0.4, 0.5) is 5.13 Å². The molecule has 0 bridgehead atoms. The lowest BCUT2D eigenvalue weighted by molar-refractivity contribution is -0.114. The molecule has 130 valence electrons. The van der Waals surface area contributed by atoms with Gasteiger partial charge in [0.2, 0.25) is 5.91 Å². The number of carbonyl (C=O) groups is 1. The standard InChI is InChI=1S/C13H18N6O3S2/c1-10(20)16-13-14-8-12(23-13)24(21,22)19-6-3-2-4-11(19)9-18-7-5-15-17-18/h5,7-8,11H,2-4,6,9H2,1H3,(H,14,16,20). The lowest BCUT2D eigenvalue weighted by atomic mass is 10.1. The van der Waals surface area contributed by atoms with Crippen molar-refractivity contribution in [2.45, 2.75) is 43.0 Å². The first-order chi connectivity index (χ1) is 11.5. The number of rotatable bonds is 5. The number of nitrogens with one attached hydrogen (secondary N) is 1. The van der Waals surface area contributed by atoms with Crippen molar-refractivity contribution in [3.63, 3.8) is 0 Å². The van der Waals surface area contributed by atoms with Crippen molar-refractivity contribution in [2.24, 2.45) is 0 Å². The number of nitrogens with zero attached hydrogens (tertiary/aromatic N) is 5. The Bertz CT molecular complexity index is 802. The van der Waals surface area contributed by atoms with Gasteiger partial charge < -0.3 is 5.32 Å². The summed E-state index contributed by atoms with van der Waals surface area (Å²) < 4.78 is 29.2. The Morgan fingerprint density at radius 3 is 3.00 bits per heavy atom. The third kappa shape index (κ3) is 3.62. The van der Waals surface area contributed by atoms with Gasteiger partial charge in [-0.05, 0) is 12.8 Å². The van der Waals surface area contributed by atoms with Crippen LogP contribution in [0.3, 0.4) is 0 Å². The quantitative estimate of drug-likeness (QED) is 0.838. The molecule has 1 saturated heterocycles.